The zero-order valence-electron chi connectivity index (χ0n) is 27.0. The van der Waals surface area contributed by atoms with E-state index in [1.807, 2.05) is 0 Å². The molecule has 23 nitrogen and oxygen atoms in total. The van der Waals surface area contributed by atoms with Gasteiger partial charge in [-0.05, 0) is 6.42 Å². The van der Waals surface area contributed by atoms with Crippen LogP contribution in [-0.4, -0.2) is 207 Å². The Kier molecular flexibility index (Phi) is 14.6. The molecule has 0 aromatic rings. The average Bonchev–Trinajstić information content (AvgIpc) is 3.40. The van der Waals surface area contributed by atoms with E-state index >= 15 is 0 Å². The van der Waals surface area contributed by atoms with Gasteiger partial charge < -0.3 is 114 Å². The molecule has 292 valence electrons. The van der Waals surface area contributed by atoms with Crippen LogP contribution in [-0.2, 0) is 33.2 Å². The molecule has 0 aromatic heterocycles. The smallest absolute Gasteiger partial charge is 0.251 e. The summed E-state index contributed by atoms with van der Waals surface area (Å²) in [5.74, 6) is -1.10. The van der Waals surface area contributed by atoms with E-state index in [9.17, 15) is 50.8 Å². The number of carbonyl (C=O) groups is 1. The third-order valence-electron chi connectivity index (χ3n) is 9.53. The van der Waals surface area contributed by atoms with Gasteiger partial charge in [0, 0.05) is 25.7 Å². The van der Waals surface area contributed by atoms with Crippen molar-refractivity contribution in [3.8, 4) is 0 Å². The van der Waals surface area contributed by atoms with Crippen molar-refractivity contribution in [3.05, 3.63) is 0 Å². The summed E-state index contributed by atoms with van der Waals surface area (Å²) in [6.45, 7) is -1.66. The highest BCUT2D eigenvalue weighted by Gasteiger charge is 2.55. The molecule has 22 N–H and O–H groups in total. The van der Waals surface area contributed by atoms with E-state index in [1.165, 1.54) is 0 Å². The number of rotatable bonds is 13. The SMILES string of the molecule is NC[C@@H]1O[C@H](O[C@H]2[C@@H](O)[C@H](O[C@@H]3[C@@H](O)[C@H](NC(=O)[C@@H](O)[C@@H](O)CN)C[C@H](N)[C@H]3O[C@H]3O[C@H](CN)[C@@H](O)[C@@H](O)[C@H]3N)O[C@@H]2CO)[C@H](N)[C@@H](O)[C@@H]1O. The van der Waals surface area contributed by atoms with Crippen molar-refractivity contribution in [2.75, 3.05) is 26.2 Å². The minimum Gasteiger partial charge on any atom is -0.394 e. The first kappa shape index (κ1) is 41.4. The van der Waals surface area contributed by atoms with Crippen LogP contribution in [0.2, 0.25) is 0 Å². The summed E-state index contributed by atoms with van der Waals surface area (Å²) < 4.78 is 34.8. The fourth-order valence-electron chi connectivity index (χ4n) is 6.42. The lowest BCUT2D eigenvalue weighted by Crippen LogP contribution is -2.69. The number of nitrogens with one attached hydrogen (secondary N) is 1. The topological polar surface area (TPSA) is 423 Å². The second kappa shape index (κ2) is 17.6. The lowest BCUT2D eigenvalue weighted by atomic mass is 9.83. The van der Waals surface area contributed by atoms with Gasteiger partial charge >= 0.3 is 0 Å². The highest BCUT2D eigenvalue weighted by molar-refractivity contribution is 5.81. The first-order valence-electron chi connectivity index (χ1n) is 16.2. The predicted octanol–water partition coefficient (Wildman–Crippen LogP) is -11.1. The normalized spacial score (nSPS) is 48.3. The Morgan fingerprint density at radius 3 is 1.64 bits per heavy atom. The summed E-state index contributed by atoms with van der Waals surface area (Å²) in [4.78, 5) is 12.7. The Morgan fingerprint density at radius 1 is 0.680 bits per heavy atom. The molecule has 4 rings (SSSR count). The summed E-state index contributed by atoms with van der Waals surface area (Å²) in [5, 5.41) is 96.7. The van der Waals surface area contributed by atoms with E-state index in [4.69, 9.17) is 62.8 Å². The maximum Gasteiger partial charge on any atom is 0.251 e. The van der Waals surface area contributed by atoms with Crippen LogP contribution in [0.1, 0.15) is 6.42 Å². The third kappa shape index (κ3) is 8.54. The maximum absolute atomic E-state index is 12.7. The van der Waals surface area contributed by atoms with Crippen molar-refractivity contribution in [1.29, 1.82) is 0 Å². The Morgan fingerprint density at radius 2 is 1.16 bits per heavy atom. The summed E-state index contributed by atoms with van der Waals surface area (Å²) >= 11 is 0. The van der Waals surface area contributed by atoms with E-state index in [0.717, 1.165) is 0 Å². The number of hydrogen-bond acceptors (Lipinski definition) is 22. The number of amides is 1. The molecule has 0 bridgehead atoms. The van der Waals surface area contributed by atoms with E-state index in [-0.39, 0.29) is 19.5 Å². The van der Waals surface area contributed by atoms with Crippen LogP contribution in [0, 0.1) is 0 Å². The maximum atomic E-state index is 12.7. The van der Waals surface area contributed by atoms with Crippen LogP contribution in [0.3, 0.4) is 0 Å². The number of nitrogens with two attached hydrogens (primary N) is 6. The van der Waals surface area contributed by atoms with Crippen LogP contribution in [0.5, 0.6) is 0 Å². The zero-order chi connectivity index (χ0) is 37.2. The monoisotopic (exact) mass is 731 g/mol. The standard InChI is InChI=1S/C27H53N7O16/c28-2-8(36)15(38)24(44)34-7-1-6(31)21(48-25-12(32)18(41)16(39)9(3-29)45-25)23(14(7)37)50-27-20(43)22(11(5-35)47-27)49-26-13(33)19(42)17(40)10(4-30)46-26/h6-23,25-27,35-43H,1-5,28-33H2,(H,34,44)/t6-,7+,8-,9+,10-,11+,12+,13+,14-,15-,16+,17+,18-,19+,20+,21+,22+,23+,25+,26+,27-/m0/s1. The van der Waals surface area contributed by atoms with E-state index < -0.39 is 148 Å². The van der Waals surface area contributed by atoms with Gasteiger partial charge in [0.1, 0.15) is 79.4 Å². The van der Waals surface area contributed by atoms with Crippen molar-refractivity contribution >= 4 is 5.91 Å². The minimum absolute atomic E-state index is 0.219. The first-order chi connectivity index (χ1) is 23.6. The molecule has 3 heterocycles. The molecular weight excluding hydrogens is 678 g/mol. The molecular formula is C27H53N7O16. The van der Waals surface area contributed by atoms with Crippen molar-refractivity contribution in [1.82, 2.24) is 5.32 Å². The van der Waals surface area contributed by atoms with Crippen LogP contribution < -0.4 is 39.7 Å². The largest absolute Gasteiger partial charge is 0.394 e. The van der Waals surface area contributed by atoms with Gasteiger partial charge in [0.2, 0.25) is 0 Å². The molecule has 4 aliphatic rings. The van der Waals surface area contributed by atoms with E-state index in [2.05, 4.69) is 5.32 Å². The van der Waals surface area contributed by atoms with Crippen molar-refractivity contribution in [3.63, 3.8) is 0 Å². The molecule has 0 radical (unpaired) electrons. The van der Waals surface area contributed by atoms with Crippen molar-refractivity contribution in [2.24, 2.45) is 34.4 Å². The van der Waals surface area contributed by atoms with Crippen LogP contribution in [0.25, 0.3) is 0 Å². The second-order valence-electron chi connectivity index (χ2n) is 12.9. The van der Waals surface area contributed by atoms with Gasteiger partial charge in [0.25, 0.3) is 5.91 Å². The Balaban J connectivity index is 1.58. The molecule has 3 aliphatic heterocycles. The van der Waals surface area contributed by atoms with Gasteiger partial charge in [-0.3, -0.25) is 4.79 Å². The van der Waals surface area contributed by atoms with E-state index in [1.54, 1.807) is 0 Å². The Bertz CT molecular complexity index is 1090. The molecule has 0 aromatic carbocycles. The number of aliphatic hydroxyl groups is 9. The highest BCUT2D eigenvalue weighted by Crippen LogP contribution is 2.34. The summed E-state index contributed by atoms with van der Waals surface area (Å²) in [5.41, 5.74) is 35.2. The van der Waals surface area contributed by atoms with Crippen molar-refractivity contribution in [2.45, 2.75) is 135 Å². The van der Waals surface area contributed by atoms with Crippen LogP contribution in [0.4, 0.5) is 0 Å². The fourth-order valence-corrected chi connectivity index (χ4v) is 6.42. The highest BCUT2D eigenvalue weighted by atomic mass is 16.8. The number of hydrogen-bond donors (Lipinski definition) is 16. The summed E-state index contributed by atoms with van der Waals surface area (Å²) in [7, 11) is 0. The quantitative estimate of drug-likeness (QED) is 0.0836. The molecule has 50 heavy (non-hydrogen) atoms. The van der Waals surface area contributed by atoms with Gasteiger partial charge in [-0.25, -0.2) is 0 Å². The van der Waals surface area contributed by atoms with E-state index in [0.29, 0.717) is 0 Å². The average molecular weight is 732 g/mol. The summed E-state index contributed by atoms with van der Waals surface area (Å²) in [6.07, 6.45) is -25.9. The van der Waals surface area contributed by atoms with Gasteiger partial charge in [-0.1, -0.05) is 0 Å². The first-order valence-corrected chi connectivity index (χ1v) is 16.2. The molecule has 21 atom stereocenters. The Labute approximate surface area is 286 Å². The zero-order valence-corrected chi connectivity index (χ0v) is 27.0. The molecule has 1 aliphatic carbocycles. The minimum atomic E-state index is -1.97. The molecule has 1 saturated carbocycles. The van der Waals surface area contributed by atoms with Gasteiger partial charge in [0.15, 0.2) is 25.0 Å². The predicted molar refractivity (Wildman–Crippen MR) is 163 cm³/mol. The molecule has 4 fully saturated rings. The Hall–Kier alpha value is -1.37. The number of ether oxygens (including phenoxy) is 6. The molecule has 23 heteroatoms. The lowest BCUT2D eigenvalue weighted by Gasteiger charge is -2.48. The number of carbonyl (C=O) groups excluding carboxylic acids is 1. The second-order valence-corrected chi connectivity index (χ2v) is 12.9. The van der Waals surface area contributed by atoms with Gasteiger partial charge in [-0.2, -0.15) is 0 Å². The number of aliphatic hydroxyl groups excluding tert-OH is 9. The summed E-state index contributed by atoms with van der Waals surface area (Å²) in [6, 6.07) is -5.06. The molecule has 1 amide bonds. The molecule has 3 saturated heterocycles. The van der Waals surface area contributed by atoms with Crippen LogP contribution >= 0.6 is 0 Å². The lowest BCUT2D eigenvalue weighted by molar-refractivity contribution is -0.307. The van der Waals surface area contributed by atoms with Gasteiger partial charge in [-0.15, -0.1) is 0 Å². The van der Waals surface area contributed by atoms with Gasteiger partial charge in [0.05, 0.1) is 24.7 Å². The van der Waals surface area contributed by atoms with Crippen molar-refractivity contribution < 1.29 is 79.2 Å². The fraction of sp³-hybridized carbons (Fsp3) is 0.963. The molecule has 0 unspecified atom stereocenters. The molecule has 0 spiro atoms. The third-order valence-corrected chi connectivity index (χ3v) is 9.53. The van der Waals surface area contributed by atoms with Crippen LogP contribution in [0.15, 0.2) is 0 Å².